The Bertz CT molecular complexity index is 84.9. The van der Waals surface area contributed by atoms with Crippen LogP contribution in [-0.2, 0) is 9.26 Å². The van der Waals surface area contributed by atoms with Crippen LogP contribution in [-0.4, -0.2) is 34.4 Å². The molecule has 5 nitrogen and oxygen atoms in total. The Morgan fingerprint density at radius 1 is 1.45 bits per heavy atom. The third-order valence-electron chi connectivity index (χ3n) is 1.13. The largest absolute Gasteiger partial charge is 0.394 e. The van der Waals surface area contributed by atoms with Crippen LogP contribution in [0.2, 0.25) is 0 Å². The molecule has 0 aliphatic rings. The van der Waals surface area contributed by atoms with Crippen molar-refractivity contribution in [2.75, 3.05) is 13.4 Å². The molecule has 0 bridgehead atoms. The summed E-state index contributed by atoms with van der Waals surface area (Å²) in [6, 6.07) is 0. The van der Waals surface area contributed by atoms with Crippen molar-refractivity contribution in [2.45, 2.75) is 19.4 Å². The molecule has 0 amide bonds. The summed E-state index contributed by atoms with van der Waals surface area (Å²) in [5, 5.41) is 8.59. The molecule has 0 rings (SSSR count). The lowest BCUT2D eigenvalue weighted by molar-refractivity contribution is -0.0612. The van der Waals surface area contributed by atoms with Crippen LogP contribution in [0.3, 0.4) is 0 Å². The lowest BCUT2D eigenvalue weighted by Crippen LogP contribution is -2.17. The topological polar surface area (TPSA) is 79.2 Å². The van der Waals surface area contributed by atoms with Gasteiger partial charge in [0.15, 0.2) is 6.79 Å². The molecule has 0 aromatic rings. The molecule has 68 valence electrons. The van der Waals surface area contributed by atoms with E-state index in [1.807, 2.05) is 6.92 Å². The fourth-order valence-electron chi connectivity index (χ4n) is 0.473. The molecule has 1 atom stereocenters. The van der Waals surface area contributed by atoms with Crippen LogP contribution >= 0.6 is 8.60 Å². The van der Waals surface area contributed by atoms with Crippen LogP contribution in [0.25, 0.3) is 0 Å². The van der Waals surface area contributed by atoms with Crippen molar-refractivity contribution in [1.29, 1.82) is 0 Å². The van der Waals surface area contributed by atoms with E-state index in [-0.39, 0.29) is 19.5 Å². The first-order valence-electron chi connectivity index (χ1n) is 3.24. The Morgan fingerprint density at radius 3 is 2.45 bits per heavy atom. The van der Waals surface area contributed by atoms with Gasteiger partial charge in [-0.3, -0.25) is 4.52 Å². The second-order valence-corrected chi connectivity index (χ2v) is 2.64. The van der Waals surface area contributed by atoms with E-state index in [1.54, 1.807) is 0 Å². The molecule has 0 radical (unpaired) electrons. The molecule has 11 heavy (non-hydrogen) atoms. The van der Waals surface area contributed by atoms with Gasteiger partial charge in [0.25, 0.3) is 0 Å². The smallest absolute Gasteiger partial charge is 0.329 e. The van der Waals surface area contributed by atoms with Gasteiger partial charge in [-0.15, -0.1) is 0 Å². The van der Waals surface area contributed by atoms with E-state index >= 15 is 0 Å². The Hall–Kier alpha value is 0.230. The van der Waals surface area contributed by atoms with E-state index in [0.717, 1.165) is 0 Å². The molecule has 6 heteroatoms. The van der Waals surface area contributed by atoms with Crippen LogP contribution < -0.4 is 0 Å². The van der Waals surface area contributed by atoms with Crippen LogP contribution in [0.4, 0.5) is 0 Å². The van der Waals surface area contributed by atoms with Crippen molar-refractivity contribution in [2.24, 2.45) is 0 Å². The van der Waals surface area contributed by atoms with Gasteiger partial charge in [-0.1, -0.05) is 6.92 Å². The third-order valence-corrected chi connectivity index (χ3v) is 1.47. The molecule has 0 aliphatic heterocycles. The Morgan fingerprint density at radius 2 is 2.09 bits per heavy atom. The van der Waals surface area contributed by atoms with Gasteiger partial charge in [0.05, 0.1) is 12.7 Å². The van der Waals surface area contributed by atoms with Crippen LogP contribution in [0.1, 0.15) is 13.3 Å². The van der Waals surface area contributed by atoms with Crippen LogP contribution in [0.5, 0.6) is 0 Å². The first-order chi connectivity index (χ1) is 5.20. The highest BCUT2D eigenvalue weighted by molar-refractivity contribution is 7.39. The molecular weight excluding hydrogens is 171 g/mol. The first kappa shape index (κ1) is 11.2. The van der Waals surface area contributed by atoms with Crippen molar-refractivity contribution in [3.05, 3.63) is 0 Å². The zero-order chi connectivity index (χ0) is 8.69. The summed E-state index contributed by atoms with van der Waals surface area (Å²) in [7, 11) is -2.35. The van der Waals surface area contributed by atoms with Crippen LogP contribution in [0, 0.1) is 0 Å². The molecule has 0 spiro atoms. The Kier molecular flexibility index (Phi) is 7.06. The number of aliphatic hydroxyl groups excluding tert-OH is 1. The zero-order valence-electron chi connectivity index (χ0n) is 6.30. The van der Waals surface area contributed by atoms with Gasteiger partial charge >= 0.3 is 8.60 Å². The first-order valence-corrected chi connectivity index (χ1v) is 4.40. The molecule has 0 aliphatic carbocycles. The summed E-state index contributed by atoms with van der Waals surface area (Å²) in [5.74, 6) is 0. The summed E-state index contributed by atoms with van der Waals surface area (Å²) in [4.78, 5) is 16.5. The van der Waals surface area contributed by atoms with Crippen LogP contribution in [0.15, 0.2) is 0 Å². The minimum atomic E-state index is -2.35. The molecule has 3 N–H and O–H groups in total. The minimum Gasteiger partial charge on any atom is -0.394 e. The van der Waals surface area contributed by atoms with Gasteiger partial charge in [0, 0.05) is 0 Å². The summed E-state index contributed by atoms with van der Waals surface area (Å²) < 4.78 is 9.19. The average Bonchev–Trinajstić information content (AvgIpc) is 1.98. The van der Waals surface area contributed by atoms with E-state index in [2.05, 4.69) is 4.52 Å². The summed E-state index contributed by atoms with van der Waals surface area (Å²) in [6.45, 7) is 1.56. The maximum atomic E-state index is 8.59. The van der Waals surface area contributed by atoms with E-state index in [0.29, 0.717) is 6.42 Å². The number of hydrogen-bond donors (Lipinski definition) is 3. The fraction of sp³-hybridized carbons (Fsp3) is 1.00. The Balaban J connectivity index is 3.21. The standard InChI is InChI=1S/C5H13O5P/c1-2-5(3-6)9-4-10-11(7)8/h5-8H,2-4H2,1H3. The quantitative estimate of drug-likeness (QED) is 0.398. The number of aliphatic hydroxyl groups is 1. The van der Waals surface area contributed by atoms with Crippen molar-refractivity contribution in [3.63, 3.8) is 0 Å². The van der Waals surface area contributed by atoms with Crippen molar-refractivity contribution >= 4 is 8.60 Å². The normalized spacial score (nSPS) is 13.9. The summed E-state index contributed by atoms with van der Waals surface area (Å²) in [5.41, 5.74) is 0. The monoisotopic (exact) mass is 184 g/mol. The summed E-state index contributed by atoms with van der Waals surface area (Å²) in [6.07, 6.45) is 0.374. The second kappa shape index (κ2) is 6.91. The predicted octanol–water partition coefficient (Wildman–Crippen LogP) is -0.0405. The second-order valence-electron chi connectivity index (χ2n) is 1.88. The van der Waals surface area contributed by atoms with Gasteiger partial charge < -0.3 is 19.6 Å². The molecule has 0 fully saturated rings. The molecule has 1 unspecified atom stereocenters. The zero-order valence-corrected chi connectivity index (χ0v) is 7.20. The van der Waals surface area contributed by atoms with E-state index in [1.165, 1.54) is 0 Å². The number of hydrogen-bond acceptors (Lipinski definition) is 5. The minimum absolute atomic E-state index is 0.0886. The highest BCUT2D eigenvalue weighted by Crippen LogP contribution is 2.23. The molecule has 0 saturated heterocycles. The van der Waals surface area contributed by atoms with E-state index < -0.39 is 8.60 Å². The summed E-state index contributed by atoms with van der Waals surface area (Å²) >= 11 is 0. The van der Waals surface area contributed by atoms with Gasteiger partial charge in [0.2, 0.25) is 0 Å². The SMILES string of the molecule is CCC(CO)OCOP(O)O. The third kappa shape index (κ3) is 6.62. The maximum absolute atomic E-state index is 8.59. The fourth-order valence-corrected chi connectivity index (χ4v) is 0.629. The maximum Gasteiger partial charge on any atom is 0.329 e. The van der Waals surface area contributed by atoms with Crippen molar-refractivity contribution in [3.8, 4) is 0 Å². The van der Waals surface area contributed by atoms with Gasteiger partial charge in [-0.2, -0.15) is 0 Å². The molecule has 0 aromatic carbocycles. The molecular formula is C5H13O5P. The molecule has 0 heterocycles. The van der Waals surface area contributed by atoms with Gasteiger partial charge in [-0.05, 0) is 6.42 Å². The predicted molar refractivity (Wildman–Crippen MR) is 39.6 cm³/mol. The van der Waals surface area contributed by atoms with E-state index in [9.17, 15) is 0 Å². The van der Waals surface area contributed by atoms with Gasteiger partial charge in [0.1, 0.15) is 0 Å². The average molecular weight is 184 g/mol. The van der Waals surface area contributed by atoms with Gasteiger partial charge in [-0.25, -0.2) is 0 Å². The van der Waals surface area contributed by atoms with Crippen molar-refractivity contribution < 1.29 is 24.2 Å². The van der Waals surface area contributed by atoms with Crippen molar-refractivity contribution in [1.82, 2.24) is 0 Å². The number of ether oxygens (including phenoxy) is 1. The molecule has 0 saturated carbocycles. The lowest BCUT2D eigenvalue weighted by atomic mass is 10.3. The highest BCUT2D eigenvalue weighted by Gasteiger charge is 2.05. The highest BCUT2D eigenvalue weighted by atomic mass is 31.2. The van der Waals surface area contributed by atoms with E-state index in [4.69, 9.17) is 19.6 Å². The number of rotatable bonds is 6. The Labute approximate surface area is 66.6 Å². The molecule has 0 aromatic heterocycles. The lowest BCUT2D eigenvalue weighted by Gasteiger charge is -2.12.